The van der Waals surface area contributed by atoms with Crippen LogP contribution in [-0.2, 0) is 0 Å². The standard InChI is InChI=1S/C15H18N4OS2/c21-14(16-11-4-2-1-3-5-11)17-12-8-6-10(7-9-12)13-18-19-15(22)20-13/h6-9,11H,1-5H2,(H,19,22)(H2,16,17,21). The molecule has 3 rings (SSSR count). The lowest BCUT2D eigenvalue weighted by Gasteiger charge is -2.24. The predicted octanol–water partition coefficient (Wildman–Crippen LogP) is 4.02. The number of hydrogen-bond acceptors (Lipinski definition) is 4. The van der Waals surface area contributed by atoms with Crippen molar-refractivity contribution in [2.75, 3.05) is 5.32 Å². The van der Waals surface area contributed by atoms with Crippen molar-refractivity contribution in [1.29, 1.82) is 0 Å². The quantitative estimate of drug-likeness (QED) is 0.737. The monoisotopic (exact) mass is 334 g/mol. The van der Waals surface area contributed by atoms with Crippen LogP contribution in [-0.4, -0.2) is 21.4 Å². The van der Waals surface area contributed by atoms with Crippen LogP contribution in [0, 0.1) is 4.84 Å². The molecule has 0 bridgehead atoms. The molecule has 3 N–H and O–H groups in total. The maximum Gasteiger partial charge on any atom is 0.284 e. The first-order chi connectivity index (χ1) is 10.7. The molecule has 5 nitrogen and oxygen atoms in total. The van der Waals surface area contributed by atoms with Crippen LogP contribution < -0.4 is 10.6 Å². The fraction of sp³-hybridized carbons (Fsp3) is 0.400. The molecule has 2 aromatic rings. The van der Waals surface area contributed by atoms with E-state index in [2.05, 4.69) is 20.8 Å². The molecular formula is C15H18N4OS2. The molecule has 0 unspecified atom stereocenters. The third-order valence-electron chi connectivity index (χ3n) is 3.77. The van der Waals surface area contributed by atoms with Crippen molar-refractivity contribution in [3.8, 4) is 11.5 Å². The van der Waals surface area contributed by atoms with Crippen LogP contribution in [0.2, 0.25) is 0 Å². The summed E-state index contributed by atoms with van der Waals surface area (Å²) >= 11 is 10.2. The molecule has 0 aliphatic heterocycles. The van der Waals surface area contributed by atoms with E-state index in [4.69, 9.17) is 28.9 Å². The van der Waals surface area contributed by atoms with Gasteiger partial charge in [-0.15, -0.1) is 5.10 Å². The van der Waals surface area contributed by atoms with Gasteiger partial charge in [-0.25, -0.2) is 5.10 Å². The summed E-state index contributed by atoms with van der Waals surface area (Å²) < 4.78 is 5.28. The Balaban J connectivity index is 1.58. The number of hydrogen-bond donors (Lipinski definition) is 3. The molecule has 1 aromatic carbocycles. The van der Waals surface area contributed by atoms with Crippen molar-refractivity contribution in [2.45, 2.75) is 38.1 Å². The highest BCUT2D eigenvalue weighted by Crippen LogP contribution is 2.20. The van der Waals surface area contributed by atoms with Crippen LogP contribution in [0.15, 0.2) is 28.7 Å². The van der Waals surface area contributed by atoms with Crippen LogP contribution in [0.25, 0.3) is 11.5 Å². The summed E-state index contributed by atoms with van der Waals surface area (Å²) in [5, 5.41) is 13.9. The average molecular weight is 334 g/mol. The van der Waals surface area contributed by atoms with Crippen LogP contribution in [0.5, 0.6) is 0 Å². The molecule has 1 fully saturated rings. The smallest absolute Gasteiger partial charge is 0.284 e. The topological polar surface area (TPSA) is 65.9 Å². The van der Waals surface area contributed by atoms with Gasteiger partial charge < -0.3 is 15.1 Å². The Morgan fingerprint density at radius 1 is 1.18 bits per heavy atom. The third-order valence-corrected chi connectivity index (χ3v) is 4.16. The van der Waals surface area contributed by atoms with E-state index in [0.29, 0.717) is 17.0 Å². The lowest BCUT2D eigenvalue weighted by molar-refractivity contribution is 0.415. The Morgan fingerprint density at radius 2 is 1.91 bits per heavy atom. The Hall–Kier alpha value is -1.73. The molecular weight excluding hydrogens is 316 g/mol. The largest absolute Gasteiger partial charge is 0.409 e. The van der Waals surface area contributed by atoms with Gasteiger partial charge in [0.15, 0.2) is 5.11 Å². The van der Waals surface area contributed by atoms with Crippen LogP contribution in [0.3, 0.4) is 0 Å². The Morgan fingerprint density at radius 3 is 2.55 bits per heavy atom. The van der Waals surface area contributed by atoms with Crippen LogP contribution in [0.4, 0.5) is 5.69 Å². The highest BCUT2D eigenvalue weighted by molar-refractivity contribution is 7.80. The molecule has 1 saturated carbocycles. The summed E-state index contributed by atoms with van der Waals surface area (Å²) in [6.07, 6.45) is 6.31. The minimum Gasteiger partial charge on any atom is -0.409 e. The lowest BCUT2D eigenvalue weighted by atomic mass is 9.96. The van der Waals surface area contributed by atoms with E-state index in [9.17, 15) is 0 Å². The highest BCUT2D eigenvalue weighted by atomic mass is 32.1. The summed E-state index contributed by atoms with van der Waals surface area (Å²) in [7, 11) is 0. The van der Waals surface area contributed by atoms with Crippen molar-refractivity contribution >= 4 is 35.2 Å². The fourth-order valence-corrected chi connectivity index (χ4v) is 3.06. The SMILES string of the molecule is S=C(Nc1ccc(-c2n[nH]c(=S)o2)cc1)NC1CCCCC1. The molecule has 116 valence electrons. The van der Waals surface area contributed by atoms with Gasteiger partial charge in [0.2, 0.25) is 5.89 Å². The third kappa shape index (κ3) is 3.92. The number of rotatable bonds is 3. The Labute approximate surface area is 139 Å². The number of thiocarbonyl (C=S) groups is 1. The van der Waals surface area contributed by atoms with Crippen molar-refractivity contribution < 1.29 is 4.42 Å². The number of H-pyrrole nitrogens is 1. The van der Waals surface area contributed by atoms with Gasteiger partial charge in [-0.05, 0) is 61.5 Å². The minimum absolute atomic E-state index is 0.273. The van der Waals surface area contributed by atoms with E-state index >= 15 is 0 Å². The van der Waals surface area contributed by atoms with Gasteiger partial charge >= 0.3 is 0 Å². The van der Waals surface area contributed by atoms with Crippen molar-refractivity contribution in [2.24, 2.45) is 0 Å². The van der Waals surface area contributed by atoms with Gasteiger partial charge in [0.25, 0.3) is 4.84 Å². The highest BCUT2D eigenvalue weighted by Gasteiger charge is 2.14. The predicted molar refractivity (Wildman–Crippen MR) is 93.4 cm³/mol. The molecule has 0 saturated heterocycles. The van der Waals surface area contributed by atoms with Gasteiger partial charge in [-0.3, -0.25) is 0 Å². The zero-order valence-corrected chi connectivity index (χ0v) is 13.7. The first-order valence-electron chi connectivity index (χ1n) is 7.44. The summed E-state index contributed by atoms with van der Waals surface area (Å²) in [4.78, 5) is 0.273. The van der Waals surface area contributed by atoms with Crippen molar-refractivity contribution in [1.82, 2.24) is 15.5 Å². The van der Waals surface area contributed by atoms with E-state index in [1.54, 1.807) is 0 Å². The summed E-state index contributed by atoms with van der Waals surface area (Å²) in [6, 6.07) is 8.22. The van der Waals surface area contributed by atoms with Crippen LogP contribution >= 0.6 is 24.4 Å². The van der Waals surface area contributed by atoms with Gasteiger partial charge in [-0.2, -0.15) is 0 Å². The number of benzene rings is 1. The fourth-order valence-electron chi connectivity index (χ4n) is 2.65. The van der Waals surface area contributed by atoms with E-state index in [1.807, 2.05) is 24.3 Å². The van der Waals surface area contributed by atoms with Crippen molar-refractivity contribution in [3.63, 3.8) is 0 Å². The number of nitrogens with one attached hydrogen (secondary N) is 3. The van der Waals surface area contributed by atoms with E-state index in [1.165, 1.54) is 32.1 Å². The first-order valence-corrected chi connectivity index (χ1v) is 8.26. The van der Waals surface area contributed by atoms with E-state index < -0.39 is 0 Å². The number of aromatic amines is 1. The molecule has 7 heteroatoms. The summed E-state index contributed by atoms with van der Waals surface area (Å²) in [6.45, 7) is 0. The second-order valence-corrected chi connectivity index (χ2v) is 6.21. The van der Waals surface area contributed by atoms with E-state index in [0.717, 1.165) is 11.3 Å². The maximum atomic E-state index is 5.37. The van der Waals surface area contributed by atoms with Crippen molar-refractivity contribution in [3.05, 3.63) is 29.1 Å². The molecule has 1 aliphatic carbocycles. The van der Waals surface area contributed by atoms with E-state index in [-0.39, 0.29) is 4.84 Å². The molecule has 0 atom stereocenters. The normalized spacial score (nSPS) is 15.5. The molecule has 1 aliphatic rings. The second-order valence-electron chi connectivity index (χ2n) is 5.43. The van der Waals surface area contributed by atoms with Gasteiger partial charge in [0.05, 0.1) is 0 Å². The zero-order chi connectivity index (χ0) is 15.4. The Kier molecular flexibility index (Phi) is 4.84. The summed E-state index contributed by atoms with van der Waals surface area (Å²) in [5.41, 5.74) is 1.80. The molecule has 0 amide bonds. The first kappa shape index (κ1) is 15.2. The maximum absolute atomic E-state index is 5.37. The molecule has 1 heterocycles. The lowest BCUT2D eigenvalue weighted by Crippen LogP contribution is -2.38. The second kappa shape index (κ2) is 7.02. The van der Waals surface area contributed by atoms with Crippen LogP contribution in [0.1, 0.15) is 32.1 Å². The molecule has 0 radical (unpaired) electrons. The minimum atomic E-state index is 0.273. The number of anilines is 1. The van der Waals surface area contributed by atoms with Gasteiger partial charge in [0, 0.05) is 17.3 Å². The van der Waals surface area contributed by atoms with Gasteiger partial charge in [0.1, 0.15) is 0 Å². The average Bonchev–Trinajstić information content (AvgIpc) is 2.95. The van der Waals surface area contributed by atoms with Gasteiger partial charge in [-0.1, -0.05) is 19.3 Å². The zero-order valence-electron chi connectivity index (χ0n) is 12.1. The summed E-state index contributed by atoms with van der Waals surface area (Å²) in [5.74, 6) is 0.486. The molecule has 0 spiro atoms. The number of nitrogens with zero attached hydrogens (tertiary/aromatic N) is 1. The Bertz CT molecular complexity index is 686. The molecule has 1 aromatic heterocycles. The number of aromatic nitrogens is 2. The molecule has 22 heavy (non-hydrogen) atoms.